The lowest BCUT2D eigenvalue weighted by molar-refractivity contribution is 0.0950. The molecule has 0 aliphatic heterocycles. The summed E-state index contributed by atoms with van der Waals surface area (Å²) in [7, 11) is 0. The normalized spacial score (nSPS) is 11.0. The number of amides is 1. The summed E-state index contributed by atoms with van der Waals surface area (Å²) in [5, 5.41) is 9.70. The van der Waals surface area contributed by atoms with E-state index in [9.17, 15) is 18.4 Å². The molecule has 0 unspecified atom stereocenters. The highest BCUT2D eigenvalue weighted by Crippen LogP contribution is 2.21. The van der Waals surface area contributed by atoms with Crippen LogP contribution >= 0.6 is 0 Å². The molecule has 0 aliphatic rings. The van der Waals surface area contributed by atoms with Crippen LogP contribution < -0.4 is 10.9 Å². The van der Waals surface area contributed by atoms with E-state index in [1.54, 1.807) is 48.8 Å². The standard InChI is InChI=1S/C26H19F2N5O2/c27-22-5-2-6-23(28)21(22)13-29-25(34)18-4-1-3-16(9-18)14-33-15-30-24-8-7-17(10-20(24)26(33)35)19-11-31-32-12-19/h1-12,15H,13-14H2,(H,29,34)(H,31,32). The number of rotatable bonds is 6. The molecule has 3 aromatic carbocycles. The van der Waals surface area contributed by atoms with Gasteiger partial charge >= 0.3 is 0 Å². The predicted octanol–water partition coefficient (Wildman–Crippen LogP) is 4.04. The topological polar surface area (TPSA) is 92.7 Å². The van der Waals surface area contributed by atoms with Crippen molar-refractivity contribution in [1.29, 1.82) is 0 Å². The maximum absolute atomic E-state index is 13.8. The van der Waals surface area contributed by atoms with Crippen molar-refractivity contribution in [2.24, 2.45) is 0 Å². The first-order valence-corrected chi connectivity index (χ1v) is 10.8. The number of hydrogen-bond acceptors (Lipinski definition) is 4. The van der Waals surface area contributed by atoms with Crippen LogP contribution in [-0.2, 0) is 13.1 Å². The highest BCUT2D eigenvalue weighted by Gasteiger charge is 2.13. The molecule has 2 heterocycles. The minimum absolute atomic E-state index is 0.195. The first kappa shape index (κ1) is 22.1. The molecule has 1 amide bonds. The van der Waals surface area contributed by atoms with Crippen molar-refractivity contribution in [2.45, 2.75) is 13.1 Å². The Hall–Kier alpha value is -4.66. The first-order valence-electron chi connectivity index (χ1n) is 10.8. The summed E-state index contributed by atoms with van der Waals surface area (Å²) in [6.45, 7) is -0.0879. The molecule has 0 spiro atoms. The molecule has 5 rings (SSSR count). The van der Waals surface area contributed by atoms with E-state index < -0.39 is 17.5 Å². The maximum Gasteiger partial charge on any atom is 0.261 e. The zero-order valence-corrected chi connectivity index (χ0v) is 18.3. The van der Waals surface area contributed by atoms with Crippen LogP contribution in [0.5, 0.6) is 0 Å². The molecule has 0 aliphatic carbocycles. The smallest absolute Gasteiger partial charge is 0.261 e. The Morgan fingerprint density at radius 1 is 1.00 bits per heavy atom. The number of nitrogens with zero attached hydrogens (tertiary/aromatic N) is 3. The van der Waals surface area contributed by atoms with Crippen molar-refractivity contribution in [3.05, 3.63) is 118 Å². The third-order valence-electron chi connectivity index (χ3n) is 5.69. The molecule has 9 heteroatoms. The van der Waals surface area contributed by atoms with Gasteiger partial charge in [0.1, 0.15) is 11.6 Å². The summed E-state index contributed by atoms with van der Waals surface area (Å²) in [4.78, 5) is 30.1. The van der Waals surface area contributed by atoms with Gasteiger partial charge in [0, 0.05) is 29.4 Å². The quantitative estimate of drug-likeness (QED) is 0.391. The molecule has 35 heavy (non-hydrogen) atoms. The van der Waals surface area contributed by atoms with E-state index in [2.05, 4.69) is 20.5 Å². The molecule has 0 fully saturated rings. The fraction of sp³-hybridized carbons (Fsp3) is 0.0769. The van der Waals surface area contributed by atoms with Crippen LogP contribution in [0.3, 0.4) is 0 Å². The number of carbonyl (C=O) groups excluding carboxylic acids is 1. The van der Waals surface area contributed by atoms with Gasteiger partial charge in [-0.3, -0.25) is 19.3 Å². The second kappa shape index (κ2) is 9.30. The molecule has 0 bridgehead atoms. The van der Waals surface area contributed by atoms with E-state index in [-0.39, 0.29) is 24.2 Å². The van der Waals surface area contributed by atoms with Gasteiger partial charge < -0.3 is 5.32 Å². The van der Waals surface area contributed by atoms with Crippen LogP contribution in [0.2, 0.25) is 0 Å². The van der Waals surface area contributed by atoms with Crippen LogP contribution in [0.25, 0.3) is 22.0 Å². The van der Waals surface area contributed by atoms with E-state index in [0.29, 0.717) is 22.0 Å². The summed E-state index contributed by atoms with van der Waals surface area (Å²) in [6, 6.07) is 15.7. The fourth-order valence-corrected chi connectivity index (χ4v) is 3.84. The lowest BCUT2D eigenvalue weighted by atomic mass is 10.1. The molecule has 0 radical (unpaired) electrons. The molecule has 2 aromatic heterocycles. The van der Waals surface area contributed by atoms with Crippen molar-refractivity contribution in [3.63, 3.8) is 0 Å². The number of halogens is 2. The Bertz CT molecular complexity index is 1580. The van der Waals surface area contributed by atoms with Crippen LogP contribution in [0.4, 0.5) is 8.78 Å². The number of aromatic amines is 1. The van der Waals surface area contributed by atoms with Gasteiger partial charge in [0.2, 0.25) is 0 Å². The summed E-state index contributed by atoms with van der Waals surface area (Å²) in [5.41, 5.74) is 2.86. The van der Waals surface area contributed by atoms with Crippen molar-refractivity contribution in [2.75, 3.05) is 0 Å². The van der Waals surface area contributed by atoms with Crippen molar-refractivity contribution in [3.8, 4) is 11.1 Å². The molecular formula is C26H19F2N5O2. The number of nitrogens with one attached hydrogen (secondary N) is 2. The number of carbonyl (C=O) groups is 1. The largest absolute Gasteiger partial charge is 0.348 e. The predicted molar refractivity (Wildman–Crippen MR) is 127 cm³/mol. The first-order chi connectivity index (χ1) is 17.0. The molecule has 0 atom stereocenters. The Morgan fingerprint density at radius 2 is 1.80 bits per heavy atom. The Labute approximate surface area is 198 Å². The van der Waals surface area contributed by atoms with Crippen LogP contribution in [0.15, 0.2) is 84.2 Å². The van der Waals surface area contributed by atoms with Crippen molar-refractivity contribution < 1.29 is 13.6 Å². The van der Waals surface area contributed by atoms with Gasteiger partial charge in [0.15, 0.2) is 0 Å². The van der Waals surface area contributed by atoms with Crippen LogP contribution in [-0.4, -0.2) is 25.7 Å². The SMILES string of the molecule is O=C(NCc1c(F)cccc1F)c1cccc(Cn2cnc3ccc(-c4cn[nH]c4)cc3c2=O)c1. The van der Waals surface area contributed by atoms with Gasteiger partial charge in [-0.2, -0.15) is 5.10 Å². The minimum atomic E-state index is -0.724. The van der Waals surface area contributed by atoms with Gasteiger partial charge in [-0.15, -0.1) is 0 Å². The molecule has 2 N–H and O–H groups in total. The third-order valence-corrected chi connectivity index (χ3v) is 5.69. The number of benzene rings is 3. The maximum atomic E-state index is 13.8. The summed E-state index contributed by atoms with van der Waals surface area (Å²) in [5.74, 6) is -1.93. The molecule has 5 aromatic rings. The second-order valence-corrected chi connectivity index (χ2v) is 7.98. The Morgan fingerprint density at radius 3 is 2.57 bits per heavy atom. The summed E-state index contributed by atoms with van der Waals surface area (Å²) < 4.78 is 29.1. The van der Waals surface area contributed by atoms with Crippen molar-refractivity contribution in [1.82, 2.24) is 25.1 Å². The lowest BCUT2D eigenvalue weighted by Gasteiger charge is -2.10. The molecule has 0 saturated heterocycles. The van der Waals surface area contributed by atoms with Gasteiger partial charge in [0.05, 0.1) is 30.0 Å². The average Bonchev–Trinajstić information content (AvgIpc) is 3.41. The summed E-state index contributed by atoms with van der Waals surface area (Å²) in [6.07, 6.45) is 4.89. The number of H-pyrrole nitrogens is 1. The Balaban J connectivity index is 1.37. The van der Waals surface area contributed by atoms with Gasteiger partial charge in [-0.1, -0.05) is 24.3 Å². The minimum Gasteiger partial charge on any atom is -0.348 e. The van der Waals surface area contributed by atoms with Gasteiger partial charge in [-0.25, -0.2) is 13.8 Å². The van der Waals surface area contributed by atoms with Crippen molar-refractivity contribution >= 4 is 16.8 Å². The number of aromatic nitrogens is 4. The van der Waals surface area contributed by atoms with Crippen LogP contribution in [0, 0.1) is 11.6 Å². The average molecular weight is 471 g/mol. The highest BCUT2D eigenvalue weighted by atomic mass is 19.1. The van der Waals surface area contributed by atoms with Gasteiger partial charge in [-0.05, 0) is 47.5 Å². The Kier molecular flexibility index (Phi) is 5.88. The molecule has 7 nitrogen and oxygen atoms in total. The van der Waals surface area contributed by atoms with Crippen LogP contribution in [0.1, 0.15) is 21.5 Å². The summed E-state index contributed by atoms with van der Waals surface area (Å²) >= 11 is 0. The fourth-order valence-electron chi connectivity index (χ4n) is 3.84. The molecule has 0 saturated carbocycles. The van der Waals surface area contributed by atoms with E-state index in [4.69, 9.17) is 0 Å². The van der Waals surface area contributed by atoms with Gasteiger partial charge in [0.25, 0.3) is 11.5 Å². The monoisotopic (exact) mass is 471 g/mol. The van der Waals surface area contributed by atoms with E-state index in [1.165, 1.54) is 17.0 Å². The lowest BCUT2D eigenvalue weighted by Crippen LogP contribution is -2.24. The molecule has 174 valence electrons. The zero-order valence-electron chi connectivity index (χ0n) is 18.3. The number of hydrogen-bond donors (Lipinski definition) is 2. The highest BCUT2D eigenvalue weighted by molar-refractivity contribution is 5.94. The zero-order chi connectivity index (χ0) is 24.4. The van der Waals surface area contributed by atoms with E-state index >= 15 is 0 Å². The van der Waals surface area contributed by atoms with E-state index in [1.807, 2.05) is 6.07 Å². The number of fused-ring (bicyclic) bond motifs is 1. The third kappa shape index (κ3) is 4.56. The molecular weight excluding hydrogens is 452 g/mol. The van der Waals surface area contributed by atoms with E-state index in [0.717, 1.165) is 23.3 Å². The second-order valence-electron chi connectivity index (χ2n) is 7.98.